The van der Waals surface area contributed by atoms with Crippen molar-refractivity contribution in [3.05, 3.63) is 21.7 Å². The lowest BCUT2D eigenvalue weighted by Gasteiger charge is -2.44. The van der Waals surface area contributed by atoms with Crippen molar-refractivity contribution in [3.8, 4) is 0 Å². The molecular formula is C20H29ClN4O5. The van der Waals surface area contributed by atoms with E-state index < -0.39 is 34.6 Å². The Balaban J connectivity index is 1.90. The maximum Gasteiger partial charge on any atom is 0.416 e. The number of amides is 2. The largest absolute Gasteiger partial charge is 0.444 e. The van der Waals surface area contributed by atoms with E-state index in [0.29, 0.717) is 31.7 Å². The standard InChI is InChI=1S/C20H29ClN4O5/c1-18(2,3)29-16(27)23-9-7-20(8-10-23)12-24-14(11-13(21)22-15(24)26)25(20)17(28)30-19(4,5)6/h11H,7-10,12H2,1-6H3. The first-order valence-corrected chi connectivity index (χ1v) is 10.4. The molecule has 1 fully saturated rings. The van der Waals surface area contributed by atoms with E-state index in [9.17, 15) is 14.4 Å². The number of carbonyl (C=O) groups is 2. The second kappa shape index (κ2) is 7.44. The Morgan fingerprint density at radius 3 is 2.10 bits per heavy atom. The highest BCUT2D eigenvalue weighted by Gasteiger charge is 2.51. The SMILES string of the molecule is CC(C)(C)OC(=O)N1CCC2(CC1)Cn1c(cc(Cl)nc1=O)N2C(=O)OC(C)(C)C. The number of rotatable bonds is 0. The van der Waals surface area contributed by atoms with Crippen LogP contribution in [0.15, 0.2) is 10.9 Å². The third-order valence-corrected chi connectivity index (χ3v) is 5.23. The molecule has 2 aliphatic rings. The van der Waals surface area contributed by atoms with Crippen LogP contribution in [0.1, 0.15) is 54.4 Å². The summed E-state index contributed by atoms with van der Waals surface area (Å²) in [6, 6.07) is 1.50. The molecular weight excluding hydrogens is 412 g/mol. The van der Waals surface area contributed by atoms with Gasteiger partial charge in [0, 0.05) is 19.2 Å². The van der Waals surface area contributed by atoms with E-state index >= 15 is 0 Å². The van der Waals surface area contributed by atoms with Crippen LogP contribution in [0.2, 0.25) is 5.15 Å². The molecule has 2 amide bonds. The second-order valence-corrected chi connectivity index (χ2v) is 10.2. The molecule has 0 unspecified atom stereocenters. The van der Waals surface area contributed by atoms with E-state index in [1.165, 1.54) is 15.5 Å². The molecule has 30 heavy (non-hydrogen) atoms. The molecule has 0 N–H and O–H groups in total. The minimum atomic E-state index is -0.709. The van der Waals surface area contributed by atoms with Crippen molar-refractivity contribution in [1.82, 2.24) is 14.5 Å². The number of anilines is 1. The monoisotopic (exact) mass is 440 g/mol. The first kappa shape index (κ1) is 22.4. The topological polar surface area (TPSA) is 94.0 Å². The molecule has 3 heterocycles. The van der Waals surface area contributed by atoms with Crippen molar-refractivity contribution < 1.29 is 19.1 Å². The maximum atomic E-state index is 13.1. The van der Waals surface area contributed by atoms with Crippen LogP contribution in [0.5, 0.6) is 0 Å². The van der Waals surface area contributed by atoms with Gasteiger partial charge in [-0.2, -0.15) is 4.98 Å². The molecule has 1 spiro atoms. The highest BCUT2D eigenvalue weighted by molar-refractivity contribution is 6.29. The van der Waals surface area contributed by atoms with Gasteiger partial charge in [0.25, 0.3) is 0 Å². The highest BCUT2D eigenvalue weighted by Crippen LogP contribution is 2.41. The van der Waals surface area contributed by atoms with Crippen LogP contribution in [-0.2, 0) is 16.0 Å². The van der Waals surface area contributed by atoms with E-state index in [2.05, 4.69) is 4.98 Å². The summed E-state index contributed by atoms with van der Waals surface area (Å²) >= 11 is 6.01. The van der Waals surface area contributed by atoms with E-state index in [0.717, 1.165) is 0 Å². The molecule has 1 aromatic rings. The van der Waals surface area contributed by atoms with Gasteiger partial charge >= 0.3 is 17.9 Å². The summed E-state index contributed by atoms with van der Waals surface area (Å²) in [6.07, 6.45) is -0.0197. The fraction of sp³-hybridized carbons (Fsp3) is 0.700. The van der Waals surface area contributed by atoms with Crippen LogP contribution in [-0.4, -0.2) is 56.5 Å². The van der Waals surface area contributed by atoms with Crippen molar-refractivity contribution >= 4 is 29.6 Å². The number of aromatic nitrogens is 2. The molecule has 0 aromatic carbocycles. The summed E-state index contributed by atoms with van der Waals surface area (Å²) in [4.78, 5) is 45.0. The van der Waals surface area contributed by atoms with Crippen molar-refractivity contribution in [3.63, 3.8) is 0 Å². The van der Waals surface area contributed by atoms with Crippen molar-refractivity contribution in [2.75, 3.05) is 18.0 Å². The minimum absolute atomic E-state index is 0.0167. The fourth-order valence-electron chi connectivity index (χ4n) is 3.82. The number of hydrogen-bond acceptors (Lipinski definition) is 6. The Labute approximate surface area is 180 Å². The zero-order valence-electron chi connectivity index (χ0n) is 18.3. The molecule has 10 heteroatoms. The Hall–Kier alpha value is -2.29. The average Bonchev–Trinajstić information content (AvgIpc) is 2.86. The highest BCUT2D eigenvalue weighted by atomic mass is 35.5. The number of ether oxygens (including phenoxy) is 2. The molecule has 2 aliphatic heterocycles. The smallest absolute Gasteiger partial charge is 0.416 e. The lowest BCUT2D eigenvalue weighted by Crippen LogP contribution is -2.58. The number of likely N-dealkylation sites (tertiary alicyclic amines) is 1. The van der Waals surface area contributed by atoms with Gasteiger partial charge in [0.2, 0.25) is 0 Å². The third-order valence-electron chi connectivity index (χ3n) is 5.04. The zero-order chi connectivity index (χ0) is 22.5. The summed E-state index contributed by atoms with van der Waals surface area (Å²) < 4.78 is 12.5. The van der Waals surface area contributed by atoms with Gasteiger partial charge in [-0.25, -0.2) is 14.4 Å². The van der Waals surface area contributed by atoms with Crippen molar-refractivity contribution in [1.29, 1.82) is 0 Å². The van der Waals surface area contributed by atoms with E-state index in [-0.39, 0.29) is 11.7 Å². The summed E-state index contributed by atoms with van der Waals surface area (Å²) in [5, 5.41) is 0.0167. The van der Waals surface area contributed by atoms with Crippen LogP contribution in [0.25, 0.3) is 0 Å². The molecule has 3 rings (SSSR count). The van der Waals surface area contributed by atoms with Gasteiger partial charge < -0.3 is 14.4 Å². The molecule has 9 nitrogen and oxygen atoms in total. The number of fused-ring (bicyclic) bond motifs is 1. The Morgan fingerprint density at radius 1 is 1.03 bits per heavy atom. The molecule has 166 valence electrons. The molecule has 1 saturated heterocycles. The summed E-state index contributed by atoms with van der Waals surface area (Å²) in [6.45, 7) is 11.8. The first-order valence-electron chi connectivity index (χ1n) is 9.99. The molecule has 0 bridgehead atoms. The quantitative estimate of drug-likeness (QED) is 0.574. The molecule has 1 aromatic heterocycles. The van der Waals surface area contributed by atoms with Crippen LogP contribution in [0, 0.1) is 0 Å². The van der Waals surface area contributed by atoms with Crippen LogP contribution >= 0.6 is 11.6 Å². The number of halogens is 1. The number of nitrogens with zero attached hydrogens (tertiary/aromatic N) is 4. The maximum absolute atomic E-state index is 13.1. The summed E-state index contributed by atoms with van der Waals surface area (Å²) in [5.74, 6) is 0.361. The fourth-order valence-corrected chi connectivity index (χ4v) is 3.99. The van der Waals surface area contributed by atoms with Gasteiger partial charge in [0.05, 0.1) is 12.1 Å². The third kappa shape index (κ3) is 4.55. The minimum Gasteiger partial charge on any atom is -0.444 e. The first-order chi connectivity index (χ1) is 13.7. The number of hydrogen-bond donors (Lipinski definition) is 0. The Kier molecular flexibility index (Phi) is 5.56. The summed E-state index contributed by atoms with van der Waals surface area (Å²) in [7, 11) is 0. The van der Waals surface area contributed by atoms with E-state index in [1.807, 2.05) is 20.8 Å². The number of carbonyl (C=O) groups excluding carboxylic acids is 2. The molecule has 0 radical (unpaired) electrons. The van der Waals surface area contributed by atoms with E-state index in [1.54, 1.807) is 25.7 Å². The van der Waals surface area contributed by atoms with Gasteiger partial charge in [-0.05, 0) is 54.4 Å². The van der Waals surface area contributed by atoms with Crippen LogP contribution in [0.3, 0.4) is 0 Å². The van der Waals surface area contributed by atoms with Crippen LogP contribution in [0.4, 0.5) is 15.4 Å². The van der Waals surface area contributed by atoms with Gasteiger partial charge in [0.1, 0.15) is 22.2 Å². The predicted molar refractivity (Wildman–Crippen MR) is 112 cm³/mol. The lowest BCUT2D eigenvalue weighted by molar-refractivity contribution is 0.0152. The lowest BCUT2D eigenvalue weighted by atomic mass is 9.87. The Morgan fingerprint density at radius 2 is 1.57 bits per heavy atom. The van der Waals surface area contributed by atoms with Gasteiger partial charge in [0.15, 0.2) is 0 Å². The van der Waals surface area contributed by atoms with Crippen molar-refractivity contribution in [2.24, 2.45) is 0 Å². The Bertz CT molecular complexity index is 907. The normalized spacial score (nSPS) is 18.4. The molecule has 0 saturated carbocycles. The second-order valence-electron chi connectivity index (χ2n) is 9.81. The molecule has 0 aliphatic carbocycles. The van der Waals surface area contributed by atoms with E-state index in [4.69, 9.17) is 21.1 Å². The van der Waals surface area contributed by atoms with Crippen molar-refractivity contribution in [2.45, 2.75) is 77.7 Å². The molecule has 0 atom stereocenters. The van der Waals surface area contributed by atoms with Crippen LogP contribution < -0.4 is 10.6 Å². The van der Waals surface area contributed by atoms with Gasteiger partial charge in [-0.1, -0.05) is 11.6 Å². The summed E-state index contributed by atoms with van der Waals surface area (Å²) in [5.41, 5.74) is -2.52. The predicted octanol–water partition coefficient (Wildman–Crippen LogP) is 3.42. The van der Waals surface area contributed by atoms with Gasteiger partial charge in [-0.15, -0.1) is 0 Å². The zero-order valence-corrected chi connectivity index (χ0v) is 19.1. The average molecular weight is 441 g/mol. The number of piperidine rings is 1. The van der Waals surface area contributed by atoms with Gasteiger partial charge in [-0.3, -0.25) is 9.47 Å².